The minimum Gasteiger partial charge on any atom is -0.330 e. The van der Waals surface area contributed by atoms with E-state index in [1.807, 2.05) is 0 Å². The van der Waals surface area contributed by atoms with Gasteiger partial charge in [0.05, 0.1) is 0 Å². The van der Waals surface area contributed by atoms with Gasteiger partial charge in [-0.25, -0.2) is 0 Å². The first-order valence-electron chi connectivity index (χ1n) is 9.13. The average Bonchev–Trinajstić information content (AvgIpc) is 3.19. The second-order valence-corrected chi connectivity index (χ2v) is 7.78. The molecule has 2 heteroatoms. The molecule has 1 saturated carbocycles. The summed E-state index contributed by atoms with van der Waals surface area (Å²) in [6.07, 6.45) is 3.38. The van der Waals surface area contributed by atoms with E-state index in [9.17, 15) is 0 Å². The van der Waals surface area contributed by atoms with Gasteiger partial charge in [-0.2, -0.15) is 0 Å². The van der Waals surface area contributed by atoms with Crippen LogP contribution in [-0.2, 0) is 5.41 Å². The van der Waals surface area contributed by atoms with Crippen molar-refractivity contribution in [2.24, 2.45) is 11.1 Å². The lowest BCUT2D eigenvalue weighted by molar-refractivity contribution is 0.408. The third kappa shape index (κ3) is 3.40. The molecule has 0 aromatic heterocycles. The van der Waals surface area contributed by atoms with Gasteiger partial charge in [0.15, 0.2) is 0 Å². The first kappa shape index (κ1) is 17.2. The van der Waals surface area contributed by atoms with Gasteiger partial charge in [0, 0.05) is 18.0 Å². The van der Waals surface area contributed by atoms with Crippen molar-refractivity contribution >= 4 is 0 Å². The summed E-state index contributed by atoms with van der Waals surface area (Å²) in [5.41, 5.74) is 9.20. The van der Waals surface area contributed by atoms with Crippen LogP contribution in [0.25, 0.3) is 0 Å². The van der Waals surface area contributed by atoms with Crippen LogP contribution in [0, 0.1) is 5.41 Å². The van der Waals surface area contributed by atoms with Crippen molar-refractivity contribution in [1.29, 1.82) is 0 Å². The van der Waals surface area contributed by atoms with Gasteiger partial charge in [-0.05, 0) is 42.3 Å². The number of nitrogens with two attached hydrogens (primary N) is 1. The normalized spacial score (nSPS) is 23.0. The third-order valence-corrected chi connectivity index (χ3v) is 5.79. The molecule has 1 aliphatic carbocycles. The van der Waals surface area contributed by atoms with Gasteiger partial charge in [0.25, 0.3) is 0 Å². The first-order chi connectivity index (χ1) is 11.6. The van der Waals surface area contributed by atoms with E-state index < -0.39 is 0 Å². The van der Waals surface area contributed by atoms with Crippen molar-refractivity contribution in [3.8, 4) is 0 Å². The zero-order chi connectivity index (χ0) is 17.0. The van der Waals surface area contributed by atoms with Crippen LogP contribution in [0.15, 0.2) is 60.7 Å². The Bertz CT molecular complexity index is 636. The molecular weight excluding hydrogens is 292 g/mol. The number of benzene rings is 2. The topological polar surface area (TPSA) is 38.0 Å². The molecule has 0 spiro atoms. The van der Waals surface area contributed by atoms with E-state index in [1.165, 1.54) is 17.5 Å². The molecule has 3 N–H and O–H groups in total. The van der Waals surface area contributed by atoms with Crippen molar-refractivity contribution < 1.29 is 0 Å². The smallest absolute Gasteiger partial charge is 0.0321 e. The van der Waals surface area contributed by atoms with Gasteiger partial charge in [-0.3, -0.25) is 0 Å². The van der Waals surface area contributed by atoms with Crippen LogP contribution in [0.3, 0.4) is 0 Å². The Morgan fingerprint density at radius 2 is 1.58 bits per heavy atom. The molecule has 24 heavy (non-hydrogen) atoms. The molecule has 0 amide bonds. The predicted octanol–water partition coefficient (Wildman–Crippen LogP) is 4.42. The van der Waals surface area contributed by atoms with Gasteiger partial charge < -0.3 is 11.1 Å². The maximum Gasteiger partial charge on any atom is 0.0321 e. The molecule has 2 nitrogen and oxygen atoms in total. The predicted molar refractivity (Wildman–Crippen MR) is 102 cm³/mol. The molecule has 3 rings (SSSR count). The summed E-state index contributed by atoms with van der Waals surface area (Å²) in [6.45, 7) is 6.55. The Morgan fingerprint density at radius 3 is 2.12 bits per heavy atom. The molecule has 2 aromatic carbocycles. The summed E-state index contributed by atoms with van der Waals surface area (Å²) >= 11 is 0. The van der Waals surface area contributed by atoms with E-state index in [1.54, 1.807) is 0 Å². The highest BCUT2D eigenvalue weighted by atomic mass is 15.0. The SMILES string of the molecule is CC1(C)CC1(CNC(CCCN)c1ccccc1)c1ccccc1. The second kappa shape index (κ2) is 7.08. The Morgan fingerprint density at radius 1 is 1.00 bits per heavy atom. The van der Waals surface area contributed by atoms with Crippen molar-refractivity contribution in [2.45, 2.75) is 44.6 Å². The van der Waals surface area contributed by atoms with Crippen LogP contribution in [0.2, 0.25) is 0 Å². The summed E-state index contributed by atoms with van der Waals surface area (Å²) in [5, 5.41) is 3.87. The molecule has 2 aromatic rings. The van der Waals surface area contributed by atoms with E-state index >= 15 is 0 Å². The molecule has 0 radical (unpaired) electrons. The average molecular weight is 322 g/mol. The molecule has 0 heterocycles. The van der Waals surface area contributed by atoms with Crippen molar-refractivity contribution in [3.63, 3.8) is 0 Å². The number of rotatable bonds is 8. The maximum absolute atomic E-state index is 5.76. The zero-order valence-corrected chi connectivity index (χ0v) is 15.0. The van der Waals surface area contributed by atoms with E-state index in [2.05, 4.69) is 79.8 Å². The lowest BCUT2D eigenvalue weighted by Gasteiger charge is -2.26. The fourth-order valence-corrected chi connectivity index (χ4v) is 4.06. The first-order valence-corrected chi connectivity index (χ1v) is 9.13. The van der Waals surface area contributed by atoms with Crippen LogP contribution >= 0.6 is 0 Å². The Hall–Kier alpha value is -1.64. The zero-order valence-electron chi connectivity index (χ0n) is 15.0. The Kier molecular flexibility index (Phi) is 5.07. The quantitative estimate of drug-likeness (QED) is 0.755. The molecular formula is C22H30N2. The van der Waals surface area contributed by atoms with Gasteiger partial charge >= 0.3 is 0 Å². The van der Waals surface area contributed by atoms with E-state index in [0.29, 0.717) is 11.5 Å². The lowest BCUT2D eigenvalue weighted by atomic mass is 9.87. The number of hydrogen-bond donors (Lipinski definition) is 2. The van der Waals surface area contributed by atoms with Crippen LogP contribution in [-0.4, -0.2) is 13.1 Å². The summed E-state index contributed by atoms with van der Waals surface area (Å²) in [7, 11) is 0. The van der Waals surface area contributed by atoms with Crippen LogP contribution in [0.1, 0.15) is 50.3 Å². The maximum atomic E-state index is 5.76. The summed E-state index contributed by atoms with van der Waals surface area (Å²) < 4.78 is 0. The third-order valence-electron chi connectivity index (χ3n) is 5.79. The summed E-state index contributed by atoms with van der Waals surface area (Å²) in [6, 6.07) is 22.2. The molecule has 0 bridgehead atoms. The lowest BCUT2D eigenvalue weighted by Crippen LogP contribution is -2.33. The van der Waals surface area contributed by atoms with E-state index in [4.69, 9.17) is 5.73 Å². The van der Waals surface area contributed by atoms with Gasteiger partial charge in [-0.15, -0.1) is 0 Å². The van der Waals surface area contributed by atoms with Gasteiger partial charge in [-0.1, -0.05) is 74.5 Å². The molecule has 0 saturated heterocycles. The standard InChI is InChI=1S/C22H30N2/c1-21(2)16-22(21,19-12-7-4-8-13-19)17-24-20(14-9-15-23)18-10-5-3-6-11-18/h3-8,10-13,20,24H,9,14-17,23H2,1-2H3. The van der Waals surface area contributed by atoms with Crippen molar-refractivity contribution in [2.75, 3.05) is 13.1 Å². The molecule has 2 unspecified atom stereocenters. The second-order valence-electron chi connectivity index (χ2n) is 7.78. The van der Waals surface area contributed by atoms with Crippen LogP contribution in [0.4, 0.5) is 0 Å². The fourth-order valence-electron chi connectivity index (χ4n) is 4.06. The minimum atomic E-state index is 0.254. The summed E-state index contributed by atoms with van der Waals surface area (Å²) in [5.74, 6) is 0. The minimum absolute atomic E-state index is 0.254. The van der Waals surface area contributed by atoms with Crippen LogP contribution < -0.4 is 11.1 Å². The monoisotopic (exact) mass is 322 g/mol. The number of nitrogens with one attached hydrogen (secondary N) is 1. The fraction of sp³-hybridized carbons (Fsp3) is 0.455. The van der Waals surface area contributed by atoms with Crippen LogP contribution in [0.5, 0.6) is 0 Å². The van der Waals surface area contributed by atoms with E-state index in [-0.39, 0.29) is 5.41 Å². The molecule has 2 atom stereocenters. The summed E-state index contributed by atoms with van der Waals surface area (Å²) in [4.78, 5) is 0. The van der Waals surface area contributed by atoms with Gasteiger partial charge in [0.2, 0.25) is 0 Å². The van der Waals surface area contributed by atoms with Crippen molar-refractivity contribution in [3.05, 3.63) is 71.8 Å². The largest absolute Gasteiger partial charge is 0.330 e. The molecule has 1 aliphatic rings. The Balaban J connectivity index is 1.76. The highest BCUT2D eigenvalue weighted by molar-refractivity contribution is 5.37. The highest BCUT2D eigenvalue weighted by Gasteiger charge is 2.61. The molecule has 0 aliphatic heterocycles. The van der Waals surface area contributed by atoms with Gasteiger partial charge in [0.1, 0.15) is 0 Å². The molecule has 1 fully saturated rings. The molecule has 128 valence electrons. The van der Waals surface area contributed by atoms with Crippen molar-refractivity contribution in [1.82, 2.24) is 5.32 Å². The highest BCUT2D eigenvalue weighted by Crippen LogP contribution is 2.64. The number of hydrogen-bond acceptors (Lipinski definition) is 2. The van der Waals surface area contributed by atoms with E-state index in [0.717, 1.165) is 25.9 Å². The Labute approximate surface area is 146 Å².